The molecule has 1 aliphatic heterocycles. The van der Waals surface area contributed by atoms with Gasteiger partial charge in [0.05, 0.1) is 0 Å². The summed E-state index contributed by atoms with van der Waals surface area (Å²) in [6.45, 7) is 9.39. The summed E-state index contributed by atoms with van der Waals surface area (Å²) in [5, 5.41) is 0. The third-order valence-electron chi connectivity index (χ3n) is 2.32. The molecule has 13 heavy (non-hydrogen) atoms. The van der Waals surface area contributed by atoms with Crippen LogP contribution in [-0.4, -0.2) is 45.4 Å². The standard InChI is InChI=1S/C6H19NO3Si3/c1-6-7(2)13(5)9-11(3)8-12(4)10-13/h11-12H,6H2,1-5H3. The van der Waals surface area contributed by atoms with Crippen LogP contribution in [0.2, 0.25) is 19.6 Å². The van der Waals surface area contributed by atoms with Crippen molar-refractivity contribution in [2.24, 2.45) is 0 Å². The van der Waals surface area contributed by atoms with Crippen molar-refractivity contribution >= 4 is 27.3 Å². The quantitative estimate of drug-likeness (QED) is 0.645. The molecule has 0 saturated carbocycles. The molecule has 0 bridgehead atoms. The van der Waals surface area contributed by atoms with Crippen LogP contribution in [0.1, 0.15) is 6.92 Å². The number of nitrogens with zero attached hydrogens (tertiary/aromatic N) is 1. The van der Waals surface area contributed by atoms with E-state index in [1.54, 1.807) is 0 Å². The molecule has 1 fully saturated rings. The average molecular weight is 237 g/mol. The second-order valence-corrected chi connectivity index (χ2v) is 11.2. The molecule has 0 aromatic carbocycles. The predicted octanol–water partition coefficient (Wildman–Crippen LogP) is 0.271. The van der Waals surface area contributed by atoms with Gasteiger partial charge in [0.1, 0.15) is 0 Å². The van der Waals surface area contributed by atoms with Crippen LogP contribution in [-0.2, 0) is 12.3 Å². The van der Waals surface area contributed by atoms with Gasteiger partial charge in [-0.3, -0.25) is 4.57 Å². The van der Waals surface area contributed by atoms with Crippen molar-refractivity contribution in [1.29, 1.82) is 0 Å². The molecule has 1 aliphatic rings. The van der Waals surface area contributed by atoms with E-state index in [1.807, 2.05) is 0 Å². The topological polar surface area (TPSA) is 30.9 Å². The Morgan fingerprint density at radius 2 is 1.69 bits per heavy atom. The normalized spacial score (nSPS) is 41.1. The maximum Gasteiger partial charge on any atom is 0.406 e. The SMILES string of the molecule is CCN(C)[Si]1(C)O[SiH](C)O[SiH](C)O1. The van der Waals surface area contributed by atoms with Gasteiger partial charge in [0, 0.05) is 0 Å². The molecule has 1 rings (SSSR count). The Kier molecular flexibility index (Phi) is 3.86. The summed E-state index contributed by atoms with van der Waals surface area (Å²) < 4.78 is 19.6. The molecule has 0 aromatic heterocycles. The van der Waals surface area contributed by atoms with Gasteiger partial charge in [-0.05, 0) is 33.2 Å². The van der Waals surface area contributed by atoms with Crippen molar-refractivity contribution in [3.8, 4) is 0 Å². The van der Waals surface area contributed by atoms with Crippen molar-refractivity contribution in [3.05, 3.63) is 0 Å². The highest BCUT2D eigenvalue weighted by molar-refractivity contribution is 6.80. The predicted molar refractivity (Wildman–Crippen MR) is 59.2 cm³/mol. The largest absolute Gasteiger partial charge is 0.420 e. The van der Waals surface area contributed by atoms with Gasteiger partial charge in [0.25, 0.3) is 0 Å². The van der Waals surface area contributed by atoms with Crippen LogP contribution in [0.5, 0.6) is 0 Å². The van der Waals surface area contributed by atoms with Crippen molar-refractivity contribution in [2.45, 2.75) is 26.6 Å². The van der Waals surface area contributed by atoms with Crippen LogP contribution in [0.25, 0.3) is 0 Å². The Hall–Kier alpha value is 0.491. The smallest absolute Gasteiger partial charge is 0.406 e. The van der Waals surface area contributed by atoms with Crippen LogP contribution < -0.4 is 0 Å². The number of hydrogen-bond donors (Lipinski definition) is 0. The third kappa shape index (κ3) is 2.72. The lowest BCUT2D eigenvalue weighted by Gasteiger charge is -2.42. The first kappa shape index (κ1) is 11.6. The zero-order chi connectivity index (χ0) is 10.1. The summed E-state index contributed by atoms with van der Waals surface area (Å²) in [4.78, 5) is 0. The van der Waals surface area contributed by atoms with E-state index < -0.39 is 27.3 Å². The lowest BCUT2D eigenvalue weighted by Crippen LogP contribution is -2.63. The van der Waals surface area contributed by atoms with Crippen LogP contribution in [0.4, 0.5) is 0 Å². The van der Waals surface area contributed by atoms with Crippen molar-refractivity contribution < 1.29 is 12.3 Å². The molecule has 0 N–H and O–H groups in total. The number of rotatable bonds is 2. The Bertz CT molecular complexity index is 173. The Morgan fingerprint density at radius 1 is 1.23 bits per heavy atom. The highest BCUT2D eigenvalue weighted by atomic mass is 28.5. The molecular formula is C6H19NO3Si3. The van der Waals surface area contributed by atoms with E-state index in [4.69, 9.17) is 12.3 Å². The van der Waals surface area contributed by atoms with Gasteiger partial charge >= 0.3 is 27.3 Å². The minimum absolute atomic E-state index is 0.977. The molecule has 0 radical (unpaired) electrons. The molecule has 2 unspecified atom stereocenters. The molecule has 0 aromatic rings. The molecule has 0 aliphatic carbocycles. The fourth-order valence-electron chi connectivity index (χ4n) is 1.44. The summed E-state index contributed by atoms with van der Waals surface area (Å²) >= 11 is 0. The summed E-state index contributed by atoms with van der Waals surface area (Å²) in [7, 11) is -2.75. The molecule has 7 heteroatoms. The zero-order valence-electron chi connectivity index (χ0n) is 9.03. The Balaban J connectivity index is 2.66. The van der Waals surface area contributed by atoms with Crippen LogP contribution in [0.3, 0.4) is 0 Å². The summed E-state index contributed by atoms with van der Waals surface area (Å²) in [5.41, 5.74) is 0. The van der Waals surface area contributed by atoms with Crippen molar-refractivity contribution in [2.75, 3.05) is 13.6 Å². The summed E-state index contributed by atoms with van der Waals surface area (Å²) in [6, 6.07) is 0. The molecule has 0 amide bonds. The molecule has 1 heterocycles. The average Bonchev–Trinajstić information content (AvgIpc) is 2.00. The number of hydrogen-bond acceptors (Lipinski definition) is 4. The van der Waals surface area contributed by atoms with Gasteiger partial charge in [-0.25, -0.2) is 0 Å². The highest BCUT2D eigenvalue weighted by Gasteiger charge is 2.44. The van der Waals surface area contributed by atoms with Crippen molar-refractivity contribution in [3.63, 3.8) is 0 Å². The molecule has 4 nitrogen and oxygen atoms in total. The van der Waals surface area contributed by atoms with Gasteiger partial charge in [-0.1, -0.05) is 6.92 Å². The molecule has 2 atom stereocenters. The molecule has 0 spiro atoms. The molecular weight excluding hydrogens is 218 g/mol. The van der Waals surface area contributed by atoms with Gasteiger partial charge < -0.3 is 12.3 Å². The lowest BCUT2D eigenvalue weighted by molar-refractivity contribution is 0.213. The molecule has 1 saturated heterocycles. The minimum atomic E-state index is -2.03. The monoisotopic (exact) mass is 237 g/mol. The van der Waals surface area contributed by atoms with E-state index in [0.29, 0.717) is 0 Å². The van der Waals surface area contributed by atoms with Crippen molar-refractivity contribution in [1.82, 2.24) is 4.57 Å². The van der Waals surface area contributed by atoms with Crippen LogP contribution in [0.15, 0.2) is 0 Å². The Labute approximate surface area is 84.8 Å². The van der Waals surface area contributed by atoms with E-state index in [0.717, 1.165) is 6.54 Å². The highest BCUT2D eigenvalue weighted by Crippen LogP contribution is 2.20. The van der Waals surface area contributed by atoms with Gasteiger partial charge in [-0.15, -0.1) is 0 Å². The Morgan fingerprint density at radius 3 is 2.08 bits per heavy atom. The van der Waals surface area contributed by atoms with E-state index in [9.17, 15) is 0 Å². The second-order valence-electron chi connectivity index (χ2n) is 3.42. The fraction of sp³-hybridized carbons (Fsp3) is 1.00. The van der Waals surface area contributed by atoms with Gasteiger partial charge in [0.15, 0.2) is 0 Å². The van der Waals surface area contributed by atoms with E-state index in [1.165, 1.54) is 0 Å². The zero-order valence-corrected chi connectivity index (χ0v) is 12.3. The van der Waals surface area contributed by atoms with Crippen LogP contribution in [0, 0.1) is 0 Å². The summed E-state index contributed by atoms with van der Waals surface area (Å²) in [6.07, 6.45) is 0. The lowest BCUT2D eigenvalue weighted by atomic mass is 10.8. The first-order valence-corrected chi connectivity index (χ1v) is 11.2. The maximum absolute atomic E-state index is 5.89. The minimum Gasteiger partial charge on any atom is -0.420 e. The third-order valence-corrected chi connectivity index (χ3v) is 13.2. The fourth-order valence-corrected chi connectivity index (χ4v) is 12.7. The van der Waals surface area contributed by atoms with Gasteiger partial charge in [0.2, 0.25) is 0 Å². The first-order chi connectivity index (χ1) is 5.98. The van der Waals surface area contributed by atoms with Crippen LogP contribution >= 0.6 is 0 Å². The summed E-state index contributed by atoms with van der Waals surface area (Å²) in [5.74, 6) is 0. The van der Waals surface area contributed by atoms with E-state index >= 15 is 0 Å². The maximum atomic E-state index is 5.89. The second kappa shape index (κ2) is 4.34. The first-order valence-electron chi connectivity index (χ1n) is 4.70. The van der Waals surface area contributed by atoms with Gasteiger partial charge in [-0.2, -0.15) is 0 Å². The van der Waals surface area contributed by atoms with E-state index in [2.05, 4.69) is 38.2 Å². The van der Waals surface area contributed by atoms with E-state index in [-0.39, 0.29) is 0 Å². The molecule has 78 valence electrons.